The van der Waals surface area contributed by atoms with Crippen LogP contribution < -0.4 is 20.9 Å². The molecule has 3 aliphatic rings. The van der Waals surface area contributed by atoms with Crippen molar-refractivity contribution in [3.05, 3.63) is 76.4 Å². The number of H-pyrrole nitrogens is 1. The van der Waals surface area contributed by atoms with E-state index in [1.165, 1.54) is 0 Å². The van der Waals surface area contributed by atoms with E-state index in [0.717, 1.165) is 64.6 Å². The highest BCUT2D eigenvalue weighted by atomic mass is 32.1. The van der Waals surface area contributed by atoms with Gasteiger partial charge in [-0.1, -0.05) is 60.9 Å². The summed E-state index contributed by atoms with van der Waals surface area (Å²) in [6, 6.07) is 11.6. The maximum absolute atomic E-state index is 14.2. The number of nitrogens with zero attached hydrogens (tertiary/aromatic N) is 3. The van der Waals surface area contributed by atoms with Crippen LogP contribution in [0.15, 0.2) is 54.0 Å². The van der Waals surface area contributed by atoms with Gasteiger partial charge in [-0.05, 0) is 65.1 Å². The molecule has 0 unspecified atom stereocenters. The van der Waals surface area contributed by atoms with Crippen LogP contribution in [0.1, 0.15) is 60.9 Å². The predicted octanol–water partition coefficient (Wildman–Crippen LogP) is 3.33. The second-order valence-corrected chi connectivity index (χ2v) is 13.4. The van der Waals surface area contributed by atoms with Crippen molar-refractivity contribution in [3.63, 3.8) is 0 Å². The van der Waals surface area contributed by atoms with Crippen molar-refractivity contribution in [2.45, 2.75) is 82.5 Å². The summed E-state index contributed by atoms with van der Waals surface area (Å²) < 4.78 is 1.12. The van der Waals surface area contributed by atoms with Gasteiger partial charge < -0.3 is 16.0 Å². The zero-order chi connectivity index (χ0) is 31.6. The number of thiophene rings is 1. The second-order valence-electron chi connectivity index (χ2n) is 12.5. The Morgan fingerprint density at radius 2 is 1.85 bits per heavy atom. The van der Waals surface area contributed by atoms with Crippen LogP contribution in [0.3, 0.4) is 0 Å². The van der Waals surface area contributed by atoms with Crippen molar-refractivity contribution >= 4 is 50.7 Å². The Balaban J connectivity index is 1.09. The van der Waals surface area contributed by atoms with Crippen LogP contribution in [0.25, 0.3) is 10.1 Å². The molecule has 2 aromatic heterocycles. The van der Waals surface area contributed by atoms with Gasteiger partial charge in [0.15, 0.2) is 0 Å². The number of aryl methyl sites for hydroxylation is 1. The number of aromatic amines is 1. The number of carbonyl (C=O) groups excluding carboxylic acids is 4. The van der Waals surface area contributed by atoms with Crippen LogP contribution in [0.5, 0.6) is 0 Å². The van der Waals surface area contributed by atoms with Crippen molar-refractivity contribution in [1.82, 2.24) is 31.4 Å². The van der Waals surface area contributed by atoms with Gasteiger partial charge in [-0.2, -0.15) is 0 Å². The molecule has 1 aliphatic carbocycles. The van der Waals surface area contributed by atoms with Gasteiger partial charge in [0.2, 0.25) is 23.6 Å². The highest BCUT2D eigenvalue weighted by molar-refractivity contribution is 7.17. The lowest BCUT2D eigenvalue weighted by atomic mass is 9.83. The minimum atomic E-state index is -0.833. The molecule has 3 atom stereocenters. The first-order valence-electron chi connectivity index (χ1n) is 16.1. The number of hydrogen-bond donors (Lipinski definition) is 4. The third-order valence-corrected chi connectivity index (χ3v) is 10.6. The Kier molecular flexibility index (Phi) is 8.53. The van der Waals surface area contributed by atoms with E-state index < -0.39 is 18.1 Å². The molecular formula is C34H37N7O4S. The topological polar surface area (TPSA) is 149 Å². The van der Waals surface area contributed by atoms with Gasteiger partial charge in [0.05, 0.1) is 18.7 Å². The fourth-order valence-corrected chi connectivity index (χ4v) is 8.24. The first-order chi connectivity index (χ1) is 22.5. The molecule has 2 aliphatic heterocycles. The van der Waals surface area contributed by atoms with Gasteiger partial charge in [-0.25, -0.2) is 0 Å². The number of nitrogens with one attached hydrogen (secondary N) is 4. The van der Waals surface area contributed by atoms with Crippen LogP contribution in [-0.2, 0) is 45.0 Å². The van der Waals surface area contributed by atoms with E-state index in [1.807, 2.05) is 47.8 Å². The molecule has 238 valence electrons. The van der Waals surface area contributed by atoms with Crippen LogP contribution in [0.4, 0.5) is 5.69 Å². The molecule has 11 nitrogen and oxygen atoms in total. The quantitative estimate of drug-likeness (QED) is 0.221. The maximum atomic E-state index is 14.2. The summed E-state index contributed by atoms with van der Waals surface area (Å²) in [7, 11) is 0. The largest absolute Gasteiger partial charge is 0.348 e. The molecule has 4 aromatic rings. The molecule has 2 aromatic carbocycles. The van der Waals surface area contributed by atoms with Crippen molar-refractivity contribution in [2.24, 2.45) is 5.92 Å². The monoisotopic (exact) mass is 639 g/mol. The van der Waals surface area contributed by atoms with E-state index >= 15 is 0 Å². The van der Waals surface area contributed by atoms with E-state index in [4.69, 9.17) is 0 Å². The molecule has 12 heteroatoms. The minimum absolute atomic E-state index is 0.0107. The Morgan fingerprint density at radius 3 is 2.67 bits per heavy atom. The predicted molar refractivity (Wildman–Crippen MR) is 174 cm³/mol. The Labute approximate surface area is 270 Å². The lowest BCUT2D eigenvalue weighted by molar-refractivity contribution is -0.133. The fourth-order valence-electron chi connectivity index (χ4n) is 7.28. The number of aromatic nitrogens is 3. The number of rotatable bonds is 9. The third kappa shape index (κ3) is 6.01. The minimum Gasteiger partial charge on any atom is -0.348 e. The van der Waals surface area contributed by atoms with Crippen LogP contribution in [0, 0.1) is 5.92 Å². The molecule has 4 N–H and O–H groups in total. The van der Waals surface area contributed by atoms with Crippen LogP contribution >= 0.6 is 11.3 Å². The van der Waals surface area contributed by atoms with Gasteiger partial charge in [0, 0.05) is 17.3 Å². The average Bonchev–Trinajstić information content (AvgIpc) is 3.82. The van der Waals surface area contributed by atoms with E-state index in [-0.39, 0.29) is 42.5 Å². The van der Waals surface area contributed by atoms with Crippen molar-refractivity contribution < 1.29 is 19.2 Å². The molecule has 0 bridgehead atoms. The molecular weight excluding hydrogens is 602 g/mol. The van der Waals surface area contributed by atoms with Crippen LogP contribution in [-0.4, -0.2) is 57.2 Å². The van der Waals surface area contributed by atoms with Gasteiger partial charge in [-0.15, -0.1) is 16.4 Å². The van der Waals surface area contributed by atoms with Crippen molar-refractivity contribution in [3.8, 4) is 0 Å². The second kappa shape index (κ2) is 13.0. The number of anilines is 1. The van der Waals surface area contributed by atoms with Crippen LogP contribution in [0.2, 0.25) is 0 Å². The van der Waals surface area contributed by atoms with Crippen molar-refractivity contribution in [1.29, 1.82) is 0 Å². The lowest BCUT2D eigenvalue weighted by Gasteiger charge is -2.32. The SMILES string of the molecule is O=C(Cc1csc2ccccc12)N[C@H](C(=O)N[C@H]1CCc2cccc3c2N(C1=O)[C@H](C(=O)NCc1c[nH]nn1)C3)C1CCCCC1. The molecule has 7 rings (SSSR count). The average molecular weight is 640 g/mol. The summed E-state index contributed by atoms with van der Waals surface area (Å²) in [5.74, 6) is -1.16. The zero-order valence-electron chi connectivity index (χ0n) is 25.5. The molecule has 4 amide bonds. The highest BCUT2D eigenvalue weighted by Gasteiger charge is 2.44. The molecule has 0 radical (unpaired) electrons. The van der Waals surface area contributed by atoms with Gasteiger partial charge >= 0.3 is 0 Å². The Bertz CT molecular complexity index is 1760. The number of hydrogen-bond acceptors (Lipinski definition) is 7. The van der Waals surface area contributed by atoms with Gasteiger partial charge in [0.25, 0.3) is 0 Å². The summed E-state index contributed by atoms with van der Waals surface area (Å²) in [4.78, 5) is 56.7. The van der Waals surface area contributed by atoms with E-state index in [0.29, 0.717) is 25.0 Å². The van der Waals surface area contributed by atoms with E-state index in [1.54, 1.807) is 22.4 Å². The number of carbonyl (C=O) groups is 4. The highest BCUT2D eigenvalue weighted by Crippen LogP contribution is 2.39. The lowest BCUT2D eigenvalue weighted by Crippen LogP contribution is -2.58. The first kappa shape index (κ1) is 30.1. The number of fused-ring (bicyclic) bond motifs is 1. The smallest absolute Gasteiger partial charge is 0.250 e. The number of amides is 4. The fraction of sp³-hybridized carbons (Fsp3) is 0.412. The van der Waals surface area contributed by atoms with Gasteiger partial charge in [-0.3, -0.25) is 29.2 Å². The Morgan fingerprint density at radius 1 is 1.02 bits per heavy atom. The maximum Gasteiger partial charge on any atom is 0.250 e. The Hall–Kier alpha value is -4.58. The van der Waals surface area contributed by atoms with Crippen molar-refractivity contribution in [2.75, 3.05) is 4.90 Å². The molecule has 4 heterocycles. The van der Waals surface area contributed by atoms with Gasteiger partial charge in [0.1, 0.15) is 23.8 Å². The zero-order valence-corrected chi connectivity index (χ0v) is 26.3. The molecule has 1 fully saturated rings. The number of benzene rings is 2. The summed E-state index contributed by atoms with van der Waals surface area (Å²) in [6.07, 6.45) is 7.94. The molecule has 0 spiro atoms. The van der Waals surface area contributed by atoms with E-state index in [2.05, 4.69) is 31.4 Å². The van der Waals surface area contributed by atoms with E-state index in [9.17, 15) is 19.2 Å². The number of para-hydroxylation sites is 1. The summed E-state index contributed by atoms with van der Waals surface area (Å²) in [5.41, 5.74) is 4.21. The standard InChI is InChI=1S/C34H37N7O4S/c42-29(16-23-19-46-28-12-5-4-11-25(23)28)38-30(20-7-2-1-3-8-20)33(44)37-26-14-13-21-9-6-10-22-15-27(41(31(21)22)34(26)45)32(43)35-17-24-18-36-40-39-24/h4-6,9-12,18-20,26-27,30H,1-3,7-8,13-17H2,(H,35,43)(H,37,44)(H,38,42)(H,36,39,40)/t26-,27-,30-/m0/s1. The normalized spacial score (nSPS) is 20.2. The molecule has 0 saturated heterocycles. The molecule has 1 saturated carbocycles. The summed E-state index contributed by atoms with van der Waals surface area (Å²) in [5, 5.41) is 22.3. The summed E-state index contributed by atoms with van der Waals surface area (Å²) >= 11 is 1.60. The molecule has 46 heavy (non-hydrogen) atoms. The first-order valence-corrected chi connectivity index (χ1v) is 17.0. The third-order valence-electron chi connectivity index (χ3n) is 9.57. The summed E-state index contributed by atoms with van der Waals surface area (Å²) in [6.45, 7) is 0.182.